The summed E-state index contributed by atoms with van der Waals surface area (Å²) in [6.07, 6.45) is -10.4. The quantitative estimate of drug-likeness (QED) is 0.198. The lowest BCUT2D eigenvalue weighted by atomic mass is 9.88. The molecule has 0 aliphatic carbocycles. The molecule has 0 aliphatic rings. The molecule has 1 nitrogen and oxygen atoms in total. The first-order valence-corrected chi connectivity index (χ1v) is 6.97. The van der Waals surface area contributed by atoms with Crippen LogP contribution in [-0.4, -0.2) is 59.3 Å². The van der Waals surface area contributed by atoms with Gasteiger partial charge in [-0.3, -0.25) is 0 Å². The molecule has 0 bridgehead atoms. The maximum absolute atomic E-state index is 13.3. The van der Waals surface area contributed by atoms with Gasteiger partial charge in [-0.2, -0.15) is 74.6 Å². The summed E-state index contributed by atoms with van der Waals surface area (Å²) in [5.74, 6) is -56.2. The third kappa shape index (κ3) is 3.82. The van der Waals surface area contributed by atoms with E-state index in [9.17, 15) is 74.6 Å². The highest BCUT2D eigenvalue weighted by Gasteiger charge is 2.95. The number of alkyl halides is 17. The fourth-order valence-electron chi connectivity index (χ4n) is 1.60. The summed E-state index contributed by atoms with van der Waals surface area (Å²) in [4.78, 5) is 2.49. The summed E-state index contributed by atoms with van der Waals surface area (Å²) in [6.45, 7) is -1.66. The number of thiocarbonyl (C=S) groups is 1. The monoisotopic (exact) mass is 505 g/mol. The van der Waals surface area contributed by atoms with Crippen molar-refractivity contribution in [3.05, 3.63) is 0 Å². The average molecular weight is 505 g/mol. The zero-order chi connectivity index (χ0) is 24.8. The van der Waals surface area contributed by atoms with Gasteiger partial charge in [0.25, 0.3) is 0 Å². The molecule has 0 fully saturated rings. The van der Waals surface area contributed by atoms with Crippen molar-refractivity contribution in [2.75, 3.05) is 6.54 Å². The van der Waals surface area contributed by atoms with Crippen LogP contribution in [0.4, 0.5) is 74.6 Å². The van der Waals surface area contributed by atoms with Crippen molar-refractivity contribution in [3.8, 4) is 0 Å². The lowest BCUT2D eigenvalue weighted by Gasteiger charge is -2.42. The van der Waals surface area contributed by atoms with Gasteiger partial charge in [0, 0.05) is 6.42 Å². The Kier molecular flexibility index (Phi) is 7.28. The van der Waals surface area contributed by atoms with Gasteiger partial charge >= 0.3 is 47.6 Å². The van der Waals surface area contributed by atoms with Crippen LogP contribution in [-0.2, 0) is 0 Å². The molecule has 0 N–H and O–H groups in total. The van der Waals surface area contributed by atoms with Crippen LogP contribution in [0, 0.1) is 0 Å². The van der Waals surface area contributed by atoms with E-state index in [0.29, 0.717) is 0 Å². The minimum Gasteiger partial charge on any atom is -0.232 e. The fraction of sp³-hybridized carbons (Fsp3) is 0.909. The number of rotatable bonds is 9. The lowest BCUT2D eigenvalue weighted by Crippen LogP contribution is -2.74. The Hall–Kier alpha value is -1.39. The highest BCUT2D eigenvalue weighted by atomic mass is 32.1. The van der Waals surface area contributed by atoms with E-state index in [1.54, 1.807) is 0 Å². The number of isothiocyanates is 1. The molecule has 0 rings (SSSR count). The number of halogens is 17. The second-order valence-electron chi connectivity index (χ2n) is 5.37. The molecule has 0 amide bonds. The topological polar surface area (TPSA) is 12.4 Å². The van der Waals surface area contributed by atoms with E-state index < -0.39 is 60.6 Å². The summed E-state index contributed by atoms with van der Waals surface area (Å²) in [5.41, 5.74) is 0. The van der Waals surface area contributed by atoms with Crippen molar-refractivity contribution in [1.82, 2.24) is 0 Å². The predicted octanol–water partition coefficient (Wildman–Crippen LogP) is 6.49. The smallest absolute Gasteiger partial charge is 0.232 e. The van der Waals surface area contributed by atoms with Gasteiger partial charge in [-0.15, -0.1) is 0 Å². The molecule has 0 saturated carbocycles. The number of nitrogens with zero attached hydrogens (tertiary/aromatic N) is 1. The molecule has 0 saturated heterocycles. The Morgan fingerprint density at radius 3 is 1.10 bits per heavy atom. The molecule has 0 aromatic heterocycles. The number of hydrogen-bond donors (Lipinski definition) is 0. The molecular formula is C11H4F17NS. The molecule has 0 aliphatic heterocycles. The molecule has 0 heterocycles. The summed E-state index contributed by atoms with van der Waals surface area (Å²) in [6, 6.07) is 0. The summed E-state index contributed by atoms with van der Waals surface area (Å²) < 4.78 is 219. The third-order valence-corrected chi connectivity index (χ3v) is 3.52. The first kappa shape index (κ1) is 28.6. The van der Waals surface area contributed by atoms with Crippen LogP contribution in [0.15, 0.2) is 4.99 Å². The largest absolute Gasteiger partial charge is 0.460 e. The van der Waals surface area contributed by atoms with Gasteiger partial charge in [-0.1, -0.05) is 0 Å². The van der Waals surface area contributed by atoms with Gasteiger partial charge in [0.1, 0.15) is 0 Å². The van der Waals surface area contributed by atoms with Gasteiger partial charge in [-0.25, -0.2) is 4.99 Å². The van der Waals surface area contributed by atoms with Crippen molar-refractivity contribution in [3.63, 3.8) is 0 Å². The Bertz CT molecular complexity index is 672. The van der Waals surface area contributed by atoms with Gasteiger partial charge < -0.3 is 0 Å². The van der Waals surface area contributed by atoms with Crippen LogP contribution in [0.1, 0.15) is 6.42 Å². The van der Waals surface area contributed by atoms with Crippen molar-refractivity contribution >= 4 is 17.4 Å². The Morgan fingerprint density at radius 1 is 0.500 bits per heavy atom. The van der Waals surface area contributed by atoms with Crippen LogP contribution < -0.4 is 0 Å². The molecule has 178 valence electrons. The van der Waals surface area contributed by atoms with Crippen molar-refractivity contribution < 1.29 is 74.6 Å². The molecule has 0 aromatic rings. The molecule has 30 heavy (non-hydrogen) atoms. The molecular weight excluding hydrogens is 501 g/mol. The molecule has 0 aromatic carbocycles. The summed E-state index contributed by atoms with van der Waals surface area (Å²) >= 11 is 3.76. The minimum absolute atomic E-state index is 1.22. The third-order valence-electron chi connectivity index (χ3n) is 3.39. The molecule has 0 spiro atoms. The van der Waals surface area contributed by atoms with Crippen LogP contribution in [0.3, 0.4) is 0 Å². The highest BCUT2D eigenvalue weighted by Crippen LogP contribution is 2.64. The molecule has 19 heteroatoms. The average Bonchev–Trinajstić information content (AvgIpc) is 2.52. The number of aliphatic imine (C=N–C) groups is 1. The molecule has 0 unspecified atom stereocenters. The maximum atomic E-state index is 13.3. The van der Waals surface area contributed by atoms with Crippen LogP contribution in [0.2, 0.25) is 0 Å². The van der Waals surface area contributed by atoms with Gasteiger partial charge in [0.05, 0.1) is 11.7 Å². The SMILES string of the molecule is FC(F)(F)C(F)(F)C(F)(F)C(F)(F)C(F)(F)C(F)(F)C(F)(F)C(F)(F)CCN=C=S. The zero-order valence-corrected chi connectivity index (χ0v) is 14.0. The summed E-state index contributed by atoms with van der Waals surface area (Å²) in [5, 5.41) is 1.22. The second kappa shape index (κ2) is 7.63. The van der Waals surface area contributed by atoms with Gasteiger partial charge in [-0.05, 0) is 12.2 Å². The van der Waals surface area contributed by atoms with Crippen molar-refractivity contribution in [1.29, 1.82) is 0 Å². The van der Waals surface area contributed by atoms with Gasteiger partial charge in [0.15, 0.2) is 0 Å². The van der Waals surface area contributed by atoms with Crippen LogP contribution in [0.5, 0.6) is 0 Å². The van der Waals surface area contributed by atoms with Crippen molar-refractivity contribution in [2.24, 2.45) is 4.99 Å². The van der Waals surface area contributed by atoms with E-state index in [2.05, 4.69) is 17.2 Å². The minimum atomic E-state index is -8.62. The summed E-state index contributed by atoms with van der Waals surface area (Å²) in [7, 11) is 0. The second-order valence-corrected chi connectivity index (χ2v) is 5.55. The van der Waals surface area contributed by atoms with E-state index in [4.69, 9.17) is 0 Å². The Balaban J connectivity index is 6.58. The molecule has 0 radical (unpaired) electrons. The zero-order valence-electron chi connectivity index (χ0n) is 13.2. The van der Waals surface area contributed by atoms with E-state index in [-0.39, 0.29) is 0 Å². The Labute approximate surface area is 158 Å². The number of hydrogen-bond acceptors (Lipinski definition) is 2. The van der Waals surface area contributed by atoms with E-state index >= 15 is 0 Å². The van der Waals surface area contributed by atoms with Crippen LogP contribution in [0.25, 0.3) is 0 Å². The standard InChI is InChI=1S/C11H4F17NS/c12-4(13,1-2-29-3-30)5(14,15)6(16,17)7(18,19)8(20,21)9(22,23)10(24,25)11(26,27)28/h1-2H2. The van der Waals surface area contributed by atoms with E-state index in [0.717, 1.165) is 0 Å². The lowest BCUT2D eigenvalue weighted by molar-refractivity contribution is -0.461. The predicted molar refractivity (Wildman–Crippen MR) is 65.2 cm³/mol. The van der Waals surface area contributed by atoms with E-state index in [1.165, 1.54) is 5.16 Å². The Morgan fingerprint density at radius 2 is 0.800 bits per heavy atom. The first-order valence-electron chi connectivity index (χ1n) is 6.56. The van der Waals surface area contributed by atoms with Crippen LogP contribution >= 0.6 is 12.2 Å². The van der Waals surface area contributed by atoms with E-state index in [1.807, 2.05) is 0 Å². The highest BCUT2D eigenvalue weighted by molar-refractivity contribution is 7.78. The maximum Gasteiger partial charge on any atom is 0.460 e. The molecule has 0 atom stereocenters. The normalized spacial score (nSPS) is 15.8. The fourth-order valence-corrected chi connectivity index (χ4v) is 1.69. The van der Waals surface area contributed by atoms with Gasteiger partial charge in [0.2, 0.25) is 0 Å². The first-order chi connectivity index (χ1) is 12.8. The van der Waals surface area contributed by atoms with Crippen molar-refractivity contribution in [2.45, 2.75) is 54.1 Å².